The minimum Gasteiger partial charge on any atom is -0.380 e. The molecule has 0 spiro atoms. The lowest BCUT2D eigenvalue weighted by atomic mass is 9.83. The lowest BCUT2D eigenvalue weighted by molar-refractivity contribution is -0.125. The van der Waals surface area contributed by atoms with Gasteiger partial charge in [-0.3, -0.25) is 4.90 Å². The Morgan fingerprint density at radius 1 is 1.67 bits per heavy atom. The fourth-order valence-electron chi connectivity index (χ4n) is 2.51. The van der Waals surface area contributed by atoms with E-state index in [1.165, 1.54) is 4.88 Å². The zero-order chi connectivity index (χ0) is 13.0. The zero-order valence-electron chi connectivity index (χ0n) is 11.1. The molecule has 1 saturated heterocycles. The molecule has 0 N–H and O–H groups in total. The predicted molar refractivity (Wildman–Crippen MR) is 73.9 cm³/mol. The molecule has 2 rings (SSSR count). The fraction of sp³-hybridized carbons (Fsp3) is 0.643. The van der Waals surface area contributed by atoms with Gasteiger partial charge >= 0.3 is 0 Å². The molecular weight excluding hydrogens is 246 g/mol. The molecular formula is C14H21NO2S. The van der Waals surface area contributed by atoms with Crippen LogP contribution in [0.15, 0.2) is 17.5 Å². The van der Waals surface area contributed by atoms with Crippen LogP contribution in [-0.4, -0.2) is 38.0 Å². The minimum absolute atomic E-state index is 0.307. The van der Waals surface area contributed by atoms with Crippen LogP contribution in [0.25, 0.3) is 0 Å². The number of carbonyl (C=O) groups excluding carboxylic acids is 1. The van der Waals surface area contributed by atoms with Gasteiger partial charge in [-0.25, -0.2) is 0 Å². The Bertz CT molecular complexity index is 371. The molecule has 18 heavy (non-hydrogen) atoms. The van der Waals surface area contributed by atoms with Crippen molar-refractivity contribution >= 4 is 17.6 Å². The molecule has 1 fully saturated rings. The molecule has 1 aliphatic heterocycles. The van der Waals surface area contributed by atoms with Crippen LogP contribution in [0.4, 0.5) is 0 Å². The van der Waals surface area contributed by atoms with Crippen molar-refractivity contribution in [2.45, 2.75) is 25.8 Å². The van der Waals surface area contributed by atoms with E-state index in [4.69, 9.17) is 4.74 Å². The third kappa shape index (κ3) is 2.99. The van der Waals surface area contributed by atoms with Crippen molar-refractivity contribution in [1.82, 2.24) is 4.90 Å². The maximum Gasteiger partial charge on any atom is 0.129 e. The van der Waals surface area contributed by atoms with Crippen LogP contribution in [0.5, 0.6) is 0 Å². The SMILES string of the molecule is CC(c1cccs1)N(C)CC1(C=O)CCCOC1. The molecule has 0 aromatic carbocycles. The van der Waals surface area contributed by atoms with Gasteiger partial charge in [0.25, 0.3) is 0 Å². The van der Waals surface area contributed by atoms with E-state index in [0.29, 0.717) is 12.6 Å². The second kappa shape index (κ2) is 5.95. The molecule has 2 atom stereocenters. The summed E-state index contributed by atoms with van der Waals surface area (Å²) in [5.74, 6) is 0. The van der Waals surface area contributed by atoms with Crippen molar-refractivity contribution in [2.75, 3.05) is 26.8 Å². The summed E-state index contributed by atoms with van der Waals surface area (Å²) >= 11 is 1.77. The average Bonchev–Trinajstić information content (AvgIpc) is 2.92. The predicted octanol–water partition coefficient (Wildman–Crippen LogP) is 2.74. The van der Waals surface area contributed by atoms with Crippen LogP contribution in [0.1, 0.15) is 30.7 Å². The Morgan fingerprint density at radius 3 is 3.06 bits per heavy atom. The molecule has 0 aliphatic carbocycles. The highest BCUT2D eigenvalue weighted by Gasteiger charge is 2.35. The Hall–Kier alpha value is -0.710. The highest BCUT2D eigenvalue weighted by Crippen LogP contribution is 2.31. The lowest BCUT2D eigenvalue weighted by Gasteiger charge is -2.37. The van der Waals surface area contributed by atoms with Gasteiger partial charge in [-0.1, -0.05) is 6.07 Å². The van der Waals surface area contributed by atoms with Gasteiger partial charge < -0.3 is 9.53 Å². The second-order valence-electron chi connectivity index (χ2n) is 5.24. The molecule has 1 aliphatic rings. The third-order valence-electron chi connectivity index (χ3n) is 3.78. The first-order valence-corrected chi connectivity index (χ1v) is 7.32. The van der Waals surface area contributed by atoms with Crippen molar-refractivity contribution < 1.29 is 9.53 Å². The molecule has 1 aromatic rings. The van der Waals surface area contributed by atoms with E-state index in [2.05, 4.69) is 36.4 Å². The molecule has 0 bridgehead atoms. The zero-order valence-corrected chi connectivity index (χ0v) is 11.9. The van der Waals surface area contributed by atoms with Crippen molar-refractivity contribution in [3.8, 4) is 0 Å². The van der Waals surface area contributed by atoms with Crippen LogP contribution in [-0.2, 0) is 9.53 Å². The number of hydrogen-bond acceptors (Lipinski definition) is 4. The van der Waals surface area contributed by atoms with E-state index < -0.39 is 0 Å². The van der Waals surface area contributed by atoms with E-state index >= 15 is 0 Å². The smallest absolute Gasteiger partial charge is 0.129 e. The van der Waals surface area contributed by atoms with Crippen molar-refractivity contribution in [1.29, 1.82) is 0 Å². The van der Waals surface area contributed by atoms with E-state index in [1.807, 2.05) is 0 Å². The van der Waals surface area contributed by atoms with Gasteiger partial charge in [-0.05, 0) is 38.3 Å². The first-order chi connectivity index (χ1) is 8.67. The Kier molecular flexibility index (Phi) is 4.54. The van der Waals surface area contributed by atoms with Crippen molar-refractivity contribution in [3.05, 3.63) is 22.4 Å². The normalized spacial score (nSPS) is 26.2. The molecule has 2 unspecified atom stereocenters. The molecule has 0 radical (unpaired) electrons. The highest BCUT2D eigenvalue weighted by atomic mass is 32.1. The maximum absolute atomic E-state index is 11.4. The molecule has 0 amide bonds. The summed E-state index contributed by atoms with van der Waals surface area (Å²) in [7, 11) is 2.09. The molecule has 0 saturated carbocycles. The lowest BCUT2D eigenvalue weighted by Crippen LogP contribution is -2.43. The number of rotatable bonds is 5. The summed E-state index contributed by atoms with van der Waals surface area (Å²) in [4.78, 5) is 15.0. The Balaban J connectivity index is 2.00. The first-order valence-electron chi connectivity index (χ1n) is 6.45. The Morgan fingerprint density at radius 2 is 2.50 bits per heavy atom. The van der Waals surface area contributed by atoms with E-state index in [-0.39, 0.29) is 5.41 Å². The fourth-order valence-corrected chi connectivity index (χ4v) is 3.36. The summed E-state index contributed by atoms with van der Waals surface area (Å²) in [6.07, 6.45) is 3.03. The standard InChI is InChI=1S/C14H21NO2S/c1-12(13-5-3-8-18-13)15(2)9-14(10-16)6-4-7-17-11-14/h3,5,8,10,12H,4,6-7,9,11H2,1-2H3. The third-order valence-corrected chi connectivity index (χ3v) is 4.83. The number of ether oxygens (including phenoxy) is 1. The van der Waals surface area contributed by atoms with Crippen LogP contribution in [0, 0.1) is 5.41 Å². The summed E-state index contributed by atoms with van der Waals surface area (Å²) in [6.45, 7) is 4.32. The summed E-state index contributed by atoms with van der Waals surface area (Å²) in [5, 5.41) is 2.10. The molecule has 1 aromatic heterocycles. The second-order valence-corrected chi connectivity index (χ2v) is 6.22. The molecule has 100 valence electrons. The van der Waals surface area contributed by atoms with Crippen LogP contribution in [0.3, 0.4) is 0 Å². The summed E-state index contributed by atoms with van der Waals surface area (Å²) in [6, 6.07) is 4.57. The highest BCUT2D eigenvalue weighted by molar-refractivity contribution is 7.10. The topological polar surface area (TPSA) is 29.5 Å². The van der Waals surface area contributed by atoms with Gasteiger partial charge in [0, 0.05) is 24.1 Å². The van der Waals surface area contributed by atoms with Gasteiger partial charge in [0.05, 0.1) is 12.0 Å². The number of hydrogen-bond donors (Lipinski definition) is 0. The minimum atomic E-state index is -0.307. The summed E-state index contributed by atoms with van der Waals surface area (Å²) in [5.41, 5.74) is -0.307. The van der Waals surface area contributed by atoms with E-state index in [9.17, 15) is 4.79 Å². The monoisotopic (exact) mass is 267 g/mol. The number of thiophene rings is 1. The summed E-state index contributed by atoms with van der Waals surface area (Å²) < 4.78 is 5.49. The van der Waals surface area contributed by atoms with Gasteiger partial charge in [0.2, 0.25) is 0 Å². The van der Waals surface area contributed by atoms with Gasteiger partial charge in [-0.2, -0.15) is 0 Å². The number of nitrogens with zero attached hydrogens (tertiary/aromatic N) is 1. The average molecular weight is 267 g/mol. The van der Waals surface area contributed by atoms with Gasteiger partial charge in [-0.15, -0.1) is 11.3 Å². The van der Waals surface area contributed by atoms with Crippen LogP contribution >= 0.6 is 11.3 Å². The molecule has 3 nitrogen and oxygen atoms in total. The first kappa shape index (κ1) is 13.7. The Labute approximate surface area is 113 Å². The van der Waals surface area contributed by atoms with Crippen LogP contribution < -0.4 is 0 Å². The maximum atomic E-state index is 11.4. The van der Waals surface area contributed by atoms with Crippen molar-refractivity contribution in [2.24, 2.45) is 5.41 Å². The molecule has 4 heteroatoms. The number of carbonyl (C=O) groups is 1. The van der Waals surface area contributed by atoms with Crippen LogP contribution in [0.2, 0.25) is 0 Å². The molecule has 2 heterocycles. The van der Waals surface area contributed by atoms with Gasteiger partial charge in [0.15, 0.2) is 0 Å². The van der Waals surface area contributed by atoms with E-state index in [0.717, 1.165) is 32.3 Å². The quantitative estimate of drug-likeness (QED) is 0.768. The van der Waals surface area contributed by atoms with Gasteiger partial charge in [0.1, 0.15) is 6.29 Å². The largest absolute Gasteiger partial charge is 0.380 e. The number of aldehydes is 1. The van der Waals surface area contributed by atoms with E-state index in [1.54, 1.807) is 11.3 Å². The van der Waals surface area contributed by atoms with Crippen molar-refractivity contribution in [3.63, 3.8) is 0 Å².